The van der Waals surface area contributed by atoms with E-state index >= 15 is 0 Å². The van der Waals surface area contributed by atoms with Crippen molar-refractivity contribution in [3.05, 3.63) is 64.9 Å². The van der Waals surface area contributed by atoms with Crippen LogP contribution in [0.2, 0.25) is 5.02 Å². The molecule has 0 unspecified atom stereocenters. The summed E-state index contributed by atoms with van der Waals surface area (Å²) in [6, 6.07) is 14.8. The third-order valence-corrected chi connectivity index (χ3v) is 4.31. The Morgan fingerprint density at radius 1 is 1.11 bits per heavy atom. The number of benzene rings is 2. The number of rotatable bonds is 8. The monoisotopic (exact) mass is 408 g/mol. The molecule has 2 N–H and O–H groups in total. The third kappa shape index (κ3) is 5.16. The minimum Gasteiger partial charge on any atom is -0.487 e. The van der Waals surface area contributed by atoms with Crippen LogP contribution in [0.25, 0.3) is 11.0 Å². The van der Waals surface area contributed by atoms with Crippen LogP contribution in [-0.2, 0) is 6.61 Å². The molecule has 3 rings (SSSR count). The quantitative estimate of drug-likeness (QED) is 0.541. The standard InChI is InChI=1S/C20H21ClN2O3.ClH/c1-22-11-6-12-23-20(24)19-15(14-7-2-4-9-17(14)26-19)13-25-18-10-5-3-8-16(18)21;/h2-5,7-10,22H,6,11-13H2,1H3,(H,23,24);1H. The van der Waals surface area contributed by atoms with Crippen LogP contribution in [0, 0.1) is 0 Å². The number of amides is 1. The van der Waals surface area contributed by atoms with E-state index in [1.54, 1.807) is 12.1 Å². The molecule has 2 aromatic carbocycles. The fraction of sp³-hybridized carbons (Fsp3) is 0.250. The topological polar surface area (TPSA) is 63.5 Å². The predicted octanol–water partition coefficient (Wildman–Crippen LogP) is 4.43. The summed E-state index contributed by atoms with van der Waals surface area (Å²) in [6.07, 6.45) is 0.841. The summed E-state index contributed by atoms with van der Waals surface area (Å²) in [7, 11) is 1.88. The van der Waals surface area contributed by atoms with Crippen LogP contribution in [-0.4, -0.2) is 26.0 Å². The summed E-state index contributed by atoms with van der Waals surface area (Å²) >= 11 is 6.15. The van der Waals surface area contributed by atoms with Gasteiger partial charge in [-0.25, -0.2) is 0 Å². The van der Waals surface area contributed by atoms with Gasteiger partial charge in [-0.2, -0.15) is 0 Å². The van der Waals surface area contributed by atoms with Crippen LogP contribution < -0.4 is 15.4 Å². The second-order valence-corrected chi connectivity index (χ2v) is 6.25. The van der Waals surface area contributed by atoms with Crippen LogP contribution in [0.5, 0.6) is 5.75 Å². The van der Waals surface area contributed by atoms with E-state index in [9.17, 15) is 4.79 Å². The van der Waals surface area contributed by atoms with Crippen molar-refractivity contribution in [3.63, 3.8) is 0 Å². The molecular formula is C20H22Cl2N2O3. The van der Waals surface area contributed by atoms with Crippen molar-refractivity contribution in [1.82, 2.24) is 10.6 Å². The summed E-state index contributed by atoms with van der Waals surface area (Å²) in [6.45, 7) is 1.60. The van der Waals surface area contributed by atoms with Gasteiger partial charge in [0.2, 0.25) is 0 Å². The van der Waals surface area contributed by atoms with E-state index in [1.165, 1.54) is 0 Å². The summed E-state index contributed by atoms with van der Waals surface area (Å²) in [4.78, 5) is 12.6. The summed E-state index contributed by atoms with van der Waals surface area (Å²) in [5.41, 5.74) is 1.37. The number of para-hydroxylation sites is 2. The van der Waals surface area contributed by atoms with Crippen LogP contribution in [0.4, 0.5) is 0 Å². The first-order chi connectivity index (χ1) is 12.7. The molecule has 0 aliphatic carbocycles. The second-order valence-electron chi connectivity index (χ2n) is 5.84. The average molecular weight is 409 g/mol. The molecule has 0 atom stereocenters. The molecule has 3 aromatic rings. The Bertz CT molecular complexity index is 896. The molecule has 1 amide bonds. The van der Waals surface area contributed by atoms with Crippen LogP contribution >= 0.6 is 24.0 Å². The van der Waals surface area contributed by atoms with E-state index in [2.05, 4.69) is 10.6 Å². The maximum Gasteiger partial charge on any atom is 0.287 e. The molecular weight excluding hydrogens is 387 g/mol. The van der Waals surface area contributed by atoms with E-state index < -0.39 is 0 Å². The van der Waals surface area contributed by atoms with E-state index in [0.29, 0.717) is 28.5 Å². The highest BCUT2D eigenvalue weighted by Crippen LogP contribution is 2.29. The average Bonchev–Trinajstić information content (AvgIpc) is 3.03. The summed E-state index contributed by atoms with van der Waals surface area (Å²) in [5, 5.41) is 7.33. The van der Waals surface area contributed by atoms with E-state index in [-0.39, 0.29) is 30.7 Å². The lowest BCUT2D eigenvalue weighted by atomic mass is 10.1. The van der Waals surface area contributed by atoms with Crippen LogP contribution in [0.1, 0.15) is 22.5 Å². The molecule has 0 radical (unpaired) electrons. The van der Waals surface area contributed by atoms with Crippen molar-refractivity contribution in [2.45, 2.75) is 13.0 Å². The van der Waals surface area contributed by atoms with Crippen molar-refractivity contribution in [3.8, 4) is 5.75 Å². The molecule has 0 saturated carbocycles. The zero-order valence-corrected chi connectivity index (χ0v) is 16.5. The zero-order valence-electron chi connectivity index (χ0n) is 15.0. The minimum atomic E-state index is -0.241. The van der Waals surface area contributed by atoms with Crippen molar-refractivity contribution in [2.75, 3.05) is 20.1 Å². The Kier molecular flexibility index (Phi) is 7.98. The maximum atomic E-state index is 12.6. The highest BCUT2D eigenvalue weighted by atomic mass is 35.5. The first-order valence-corrected chi connectivity index (χ1v) is 8.89. The number of halogens is 2. The Labute approximate surface area is 169 Å². The van der Waals surface area contributed by atoms with Crippen molar-refractivity contribution < 1.29 is 13.9 Å². The van der Waals surface area contributed by atoms with E-state index in [1.807, 2.05) is 43.4 Å². The number of hydrogen-bond acceptors (Lipinski definition) is 4. The van der Waals surface area contributed by atoms with Gasteiger partial charge in [0.05, 0.1) is 5.02 Å². The largest absolute Gasteiger partial charge is 0.487 e. The Balaban J connectivity index is 0.00000261. The summed E-state index contributed by atoms with van der Waals surface area (Å²) < 4.78 is 11.6. The summed E-state index contributed by atoms with van der Waals surface area (Å²) in [5.74, 6) is 0.609. The van der Waals surface area contributed by atoms with Gasteiger partial charge in [-0.1, -0.05) is 41.9 Å². The highest BCUT2D eigenvalue weighted by Gasteiger charge is 2.21. The predicted molar refractivity (Wildman–Crippen MR) is 110 cm³/mol. The van der Waals surface area contributed by atoms with Gasteiger partial charge in [0.1, 0.15) is 17.9 Å². The number of fused-ring (bicyclic) bond motifs is 1. The number of nitrogens with one attached hydrogen (secondary N) is 2. The Hall–Kier alpha value is -2.21. The van der Waals surface area contributed by atoms with Crippen LogP contribution in [0.15, 0.2) is 52.9 Å². The smallest absolute Gasteiger partial charge is 0.287 e. The van der Waals surface area contributed by atoms with Crippen molar-refractivity contribution in [1.29, 1.82) is 0 Å². The van der Waals surface area contributed by atoms with Crippen molar-refractivity contribution >= 4 is 40.9 Å². The first-order valence-electron chi connectivity index (χ1n) is 8.51. The molecule has 0 spiro atoms. The van der Waals surface area contributed by atoms with E-state index in [4.69, 9.17) is 20.8 Å². The van der Waals surface area contributed by atoms with Gasteiger partial charge >= 0.3 is 0 Å². The first kappa shape index (κ1) is 21.1. The Morgan fingerprint density at radius 3 is 2.63 bits per heavy atom. The van der Waals surface area contributed by atoms with E-state index in [0.717, 1.165) is 18.4 Å². The molecule has 1 aromatic heterocycles. The maximum absolute atomic E-state index is 12.6. The molecule has 27 heavy (non-hydrogen) atoms. The molecule has 7 heteroatoms. The fourth-order valence-electron chi connectivity index (χ4n) is 2.68. The lowest BCUT2D eigenvalue weighted by Crippen LogP contribution is -2.27. The van der Waals surface area contributed by atoms with Gasteiger partial charge in [0.25, 0.3) is 5.91 Å². The molecule has 1 heterocycles. The fourth-order valence-corrected chi connectivity index (χ4v) is 2.87. The lowest BCUT2D eigenvalue weighted by Gasteiger charge is -2.09. The Morgan fingerprint density at radius 2 is 1.85 bits per heavy atom. The molecule has 144 valence electrons. The third-order valence-electron chi connectivity index (χ3n) is 4.00. The number of carbonyl (C=O) groups is 1. The van der Waals surface area contributed by atoms with Gasteiger partial charge in [-0.05, 0) is 38.2 Å². The van der Waals surface area contributed by atoms with Gasteiger partial charge in [0.15, 0.2) is 5.76 Å². The normalized spacial score (nSPS) is 10.4. The number of hydrogen-bond donors (Lipinski definition) is 2. The molecule has 0 saturated heterocycles. The molecule has 0 fully saturated rings. The second kappa shape index (κ2) is 10.2. The lowest BCUT2D eigenvalue weighted by molar-refractivity contribution is 0.0924. The minimum absolute atomic E-state index is 0. The highest BCUT2D eigenvalue weighted by molar-refractivity contribution is 6.32. The van der Waals surface area contributed by atoms with Gasteiger partial charge in [0, 0.05) is 17.5 Å². The zero-order chi connectivity index (χ0) is 18.4. The number of carbonyl (C=O) groups excluding carboxylic acids is 1. The van der Waals surface area contributed by atoms with Crippen LogP contribution in [0.3, 0.4) is 0 Å². The molecule has 0 bridgehead atoms. The SMILES string of the molecule is CNCCCNC(=O)c1oc2ccccc2c1COc1ccccc1Cl.Cl. The molecule has 0 aliphatic heterocycles. The van der Waals surface area contributed by atoms with Gasteiger partial charge in [-0.3, -0.25) is 4.79 Å². The van der Waals surface area contributed by atoms with Gasteiger partial charge in [-0.15, -0.1) is 12.4 Å². The van der Waals surface area contributed by atoms with Gasteiger partial charge < -0.3 is 19.8 Å². The number of ether oxygens (including phenoxy) is 1. The molecule has 0 aliphatic rings. The van der Waals surface area contributed by atoms with Crippen molar-refractivity contribution in [2.24, 2.45) is 0 Å². The number of furan rings is 1. The molecule has 5 nitrogen and oxygen atoms in total.